The number of benzene rings is 2. The minimum Gasteiger partial charge on any atom is -0.273 e. The van der Waals surface area contributed by atoms with E-state index in [4.69, 9.17) is 11.6 Å². The first-order chi connectivity index (χ1) is 9.90. The molecule has 0 aliphatic rings. The van der Waals surface area contributed by atoms with Crippen LogP contribution in [-0.2, 0) is 10.0 Å². The number of hydrogen-bond donors (Lipinski definition) is 2. The summed E-state index contributed by atoms with van der Waals surface area (Å²) in [4.78, 5) is 13.7. The minimum absolute atomic E-state index is 0.0721. The van der Waals surface area contributed by atoms with Crippen LogP contribution in [0.15, 0.2) is 57.9 Å². The number of carbonyl (C=O) groups excluding carboxylic acids is 1. The van der Waals surface area contributed by atoms with E-state index in [9.17, 15) is 13.2 Å². The van der Waals surface area contributed by atoms with Gasteiger partial charge in [0, 0.05) is 10.0 Å². The van der Waals surface area contributed by atoms with Crippen LogP contribution in [0.3, 0.4) is 0 Å². The van der Waals surface area contributed by atoms with E-state index in [0.717, 1.165) is 4.47 Å². The number of nitrogens with one attached hydrogen (secondary N) is 2. The maximum absolute atomic E-state index is 12.0. The Morgan fingerprint density at radius 2 is 1.67 bits per heavy atom. The van der Waals surface area contributed by atoms with Crippen molar-refractivity contribution >= 4 is 43.5 Å². The van der Waals surface area contributed by atoms with Gasteiger partial charge in [-0.05, 0) is 36.4 Å². The van der Waals surface area contributed by atoms with Gasteiger partial charge in [0.25, 0.3) is 15.9 Å². The Morgan fingerprint density at radius 3 is 2.29 bits per heavy atom. The molecule has 0 saturated heterocycles. The summed E-state index contributed by atoms with van der Waals surface area (Å²) < 4.78 is 24.9. The number of carbonyl (C=O) groups is 1. The molecule has 21 heavy (non-hydrogen) atoms. The molecule has 0 spiro atoms. The fourth-order valence-electron chi connectivity index (χ4n) is 1.50. The summed E-state index contributed by atoms with van der Waals surface area (Å²) in [6.07, 6.45) is 0. The van der Waals surface area contributed by atoms with Gasteiger partial charge in [0.15, 0.2) is 0 Å². The molecular weight excluding hydrogens is 380 g/mol. The molecule has 0 heterocycles. The van der Waals surface area contributed by atoms with Crippen molar-refractivity contribution < 1.29 is 13.2 Å². The second kappa shape index (κ2) is 6.57. The number of sulfonamides is 1. The predicted molar refractivity (Wildman–Crippen MR) is 83.4 cm³/mol. The molecule has 2 aromatic carbocycles. The van der Waals surface area contributed by atoms with Crippen LogP contribution in [0.5, 0.6) is 0 Å². The molecule has 0 radical (unpaired) electrons. The van der Waals surface area contributed by atoms with Crippen molar-refractivity contribution in [2.75, 3.05) is 0 Å². The van der Waals surface area contributed by atoms with Crippen LogP contribution < -0.4 is 10.3 Å². The molecule has 5 nitrogen and oxygen atoms in total. The molecule has 0 fully saturated rings. The van der Waals surface area contributed by atoms with Crippen molar-refractivity contribution in [2.24, 2.45) is 0 Å². The quantitative estimate of drug-likeness (QED) is 0.790. The summed E-state index contributed by atoms with van der Waals surface area (Å²) in [7, 11) is -3.93. The molecule has 2 rings (SSSR count). The van der Waals surface area contributed by atoms with Gasteiger partial charge in [-0.25, -0.2) is 8.42 Å². The standard InChI is InChI=1S/C13H10BrClN2O3S/c14-10-7-5-9(6-8-10)13(18)16-17-21(19,20)12-4-2-1-3-11(12)15/h1-8,17H,(H,16,18). The van der Waals surface area contributed by atoms with Gasteiger partial charge in [-0.15, -0.1) is 4.83 Å². The van der Waals surface area contributed by atoms with E-state index in [1.54, 1.807) is 30.3 Å². The zero-order chi connectivity index (χ0) is 15.5. The van der Waals surface area contributed by atoms with Crippen molar-refractivity contribution in [2.45, 2.75) is 4.90 Å². The number of hydrogen-bond acceptors (Lipinski definition) is 3. The van der Waals surface area contributed by atoms with Gasteiger partial charge in [0.2, 0.25) is 0 Å². The van der Waals surface area contributed by atoms with E-state index in [0.29, 0.717) is 5.56 Å². The first-order valence-corrected chi connectivity index (χ1v) is 8.38. The zero-order valence-corrected chi connectivity index (χ0v) is 13.7. The summed E-state index contributed by atoms with van der Waals surface area (Å²) in [6.45, 7) is 0. The third-order valence-electron chi connectivity index (χ3n) is 2.53. The Bertz CT molecular complexity index is 763. The lowest BCUT2D eigenvalue weighted by molar-refractivity contribution is 0.0945. The highest BCUT2D eigenvalue weighted by atomic mass is 79.9. The van der Waals surface area contributed by atoms with Crippen LogP contribution in [0, 0.1) is 0 Å². The summed E-state index contributed by atoms with van der Waals surface area (Å²) in [6, 6.07) is 12.4. The average molecular weight is 390 g/mol. The zero-order valence-electron chi connectivity index (χ0n) is 10.5. The third-order valence-corrected chi connectivity index (χ3v) is 4.81. The summed E-state index contributed by atoms with van der Waals surface area (Å²) in [5, 5.41) is 0.0721. The normalized spacial score (nSPS) is 11.1. The maximum Gasteiger partial charge on any atom is 0.266 e. The van der Waals surface area contributed by atoms with Crippen LogP contribution in [0.2, 0.25) is 5.02 Å². The lowest BCUT2D eigenvalue weighted by Gasteiger charge is -2.09. The molecule has 0 aliphatic heterocycles. The largest absolute Gasteiger partial charge is 0.273 e. The van der Waals surface area contributed by atoms with Crippen molar-refractivity contribution in [3.8, 4) is 0 Å². The van der Waals surface area contributed by atoms with E-state index in [1.807, 2.05) is 4.83 Å². The summed E-state index contributed by atoms with van der Waals surface area (Å²) >= 11 is 9.07. The van der Waals surface area contributed by atoms with E-state index in [2.05, 4.69) is 21.4 Å². The Kier molecular flexibility index (Phi) is 5.00. The molecule has 2 N–H and O–H groups in total. The molecule has 0 saturated carbocycles. The molecule has 2 aromatic rings. The van der Waals surface area contributed by atoms with Gasteiger partial charge in [-0.3, -0.25) is 10.2 Å². The van der Waals surface area contributed by atoms with Gasteiger partial charge in [-0.2, -0.15) is 0 Å². The fraction of sp³-hybridized carbons (Fsp3) is 0. The van der Waals surface area contributed by atoms with Crippen LogP contribution in [0.4, 0.5) is 0 Å². The van der Waals surface area contributed by atoms with E-state index in [-0.39, 0.29) is 9.92 Å². The molecule has 0 unspecified atom stereocenters. The lowest BCUT2D eigenvalue weighted by Crippen LogP contribution is -2.41. The fourth-order valence-corrected chi connectivity index (χ4v) is 3.13. The third kappa shape index (κ3) is 4.04. The van der Waals surface area contributed by atoms with Gasteiger partial charge in [0.1, 0.15) is 4.90 Å². The second-order valence-electron chi connectivity index (χ2n) is 4.00. The molecule has 0 bridgehead atoms. The molecule has 110 valence electrons. The van der Waals surface area contributed by atoms with Crippen LogP contribution >= 0.6 is 27.5 Å². The molecule has 0 atom stereocenters. The van der Waals surface area contributed by atoms with Crippen molar-refractivity contribution in [1.29, 1.82) is 0 Å². The summed E-state index contributed by atoms with van der Waals surface area (Å²) in [5.74, 6) is -0.571. The maximum atomic E-state index is 12.0. The van der Waals surface area contributed by atoms with Gasteiger partial charge >= 0.3 is 0 Å². The SMILES string of the molecule is O=C(NNS(=O)(=O)c1ccccc1Cl)c1ccc(Br)cc1. The first kappa shape index (κ1) is 16.0. The van der Waals surface area contributed by atoms with Crippen molar-refractivity contribution in [1.82, 2.24) is 10.3 Å². The van der Waals surface area contributed by atoms with Gasteiger partial charge in [-0.1, -0.05) is 39.7 Å². The highest BCUT2D eigenvalue weighted by Gasteiger charge is 2.18. The van der Waals surface area contributed by atoms with E-state index in [1.165, 1.54) is 18.2 Å². The highest BCUT2D eigenvalue weighted by molar-refractivity contribution is 9.10. The van der Waals surface area contributed by atoms with E-state index < -0.39 is 15.9 Å². The Morgan fingerprint density at radius 1 is 1.05 bits per heavy atom. The Labute approximate surface area is 135 Å². The topological polar surface area (TPSA) is 75.3 Å². The van der Waals surface area contributed by atoms with Crippen LogP contribution in [-0.4, -0.2) is 14.3 Å². The van der Waals surface area contributed by atoms with Gasteiger partial charge < -0.3 is 0 Å². The number of rotatable bonds is 4. The Hall–Kier alpha value is -1.41. The molecule has 0 aromatic heterocycles. The molecular formula is C13H10BrClN2O3S. The number of halogens is 2. The Balaban J connectivity index is 2.10. The monoisotopic (exact) mass is 388 g/mol. The highest BCUT2D eigenvalue weighted by Crippen LogP contribution is 2.19. The van der Waals surface area contributed by atoms with Crippen LogP contribution in [0.1, 0.15) is 10.4 Å². The molecule has 0 aliphatic carbocycles. The second-order valence-corrected chi connectivity index (χ2v) is 6.97. The van der Waals surface area contributed by atoms with Gasteiger partial charge in [0.05, 0.1) is 5.02 Å². The molecule has 8 heteroatoms. The van der Waals surface area contributed by atoms with E-state index >= 15 is 0 Å². The minimum atomic E-state index is -3.93. The predicted octanol–water partition coefficient (Wildman–Crippen LogP) is 2.73. The number of hydrazine groups is 1. The summed E-state index contributed by atoms with van der Waals surface area (Å²) in [5.41, 5.74) is 2.45. The first-order valence-electron chi connectivity index (χ1n) is 5.72. The van der Waals surface area contributed by atoms with Crippen molar-refractivity contribution in [3.63, 3.8) is 0 Å². The molecule has 1 amide bonds. The lowest BCUT2D eigenvalue weighted by atomic mass is 10.2. The van der Waals surface area contributed by atoms with Crippen LogP contribution in [0.25, 0.3) is 0 Å². The number of amides is 1. The van der Waals surface area contributed by atoms with Crippen molar-refractivity contribution in [3.05, 3.63) is 63.6 Å². The average Bonchev–Trinajstić information content (AvgIpc) is 2.46. The smallest absolute Gasteiger partial charge is 0.266 e.